The molecular formula is C31H39ClFN5O2. The molecule has 0 radical (unpaired) electrons. The summed E-state index contributed by atoms with van der Waals surface area (Å²) >= 11 is 6.48. The maximum atomic E-state index is 14.5. The molecule has 0 saturated carbocycles. The van der Waals surface area contributed by atoms with E-state index in [4.69, 9.17) is 11.6 Å². The molecule has 2 aromatic carbocycles. The van der Waals surface area contributed by atoms with Crippen LogP contribution in [-0.4, -0.2) is 71.6 Å². The van der Waals surface area contributed by atoms with E-state index in [1.54, 1.807) is 4.68 Å². The fourth-order valence-corrected chi connectivity index (χ4v) is 6.33. The van der Waals surface area contributed by atoms with Crippen molar-refractivity contribution in [2.24, 2.45) is 5.92 Å². The summed E-state index contributed by atoms with van der Waals surface area (Å²) < 4.78 is 16.1. The van der Waals surface area contributed by atoms with E-state index >= 15 is 0 Å². The molecule has 2 saturated heterocycles. The van der Waals surface area contributed by atoms with E-state index < -0.39 is 12.1 Å². The SMILES string of the molecule is CC(C)CN1CCN(c2ccc(-c3ccc(Cl)cc3N3CCC[C@@H](n4ncc(C(=O)O)c4C(C)F)C3)cc2)CC1. The lowest BCUT2D eigenvalue weighted by molar-refractivity contribution is 0.0693. The van der Waals surface area contributed by atoms with Crippen LogP contribution in [0.25, 0.3) is 11.1 Å². The number of rotatable bonds is 8. The Morgan fingerprint density at radius 3 is 2.42 bits per heavy atom. The van der Waals surface area contributed by atoms with Crippen LogP contribution in [-0.2, 0) is 0 Å². The van der Waals surface area contributed by atoms with Crippen LogP contribution in [0.4, 0.5) is 15.8 Å². The van der Waals surface area contributed by atoms with Gasteiger partial charge in [0.1, 0.15) is 11.7 Å². The maximum absolute atomic E-state index is 14.5. The van der Waals surface area contributed by atoms with Gasteiger partial charge < -0.3 is 14.9 Å². The summed E-state index contributed by atoms with van der Waals surface area (Å²) in [6, 6.07) is 14.6. The molecule has 1 unspecified atom stereocenters. The molecule has 0 spiro atoms. The van der Waals surface area contributed by atoms with Crippen molar-refractivity contribution < 1.29 is 14.3 Å². The Hall–Kier alpha value is -3.10. The average Bonchev–Trinajstić information content (AvgIpc) is 3.40. The minimum Gasteiger partial charge on any atom is -0.478 e. The highest BCUT2D eigenvalue weighted by Gasteiger charge is 2.30. The van der Waals surface area contributed by atoms with Gasteiger partial charge in [0.2, 0.25) is 0 Å². The van der Waals surface area contributed by atoms with Crippen LogP contribution in [0.15, 0.2) is 48.7 Å². The van der Waals surface area contributed by atoms with Gasteiger partial charge in [-0.05, 0) is 55.5 Å². The molecule has 1 aromatic heterocycles. The lowest BCUT2D eigenvalue weighted by Crippen LogP contribution is -2.47. The number of aromatic nitrogens is 2. The fourth-order valence-electron chi connectivity index (χ4n) is 6.16. The standard InChI is InChI=1S/C31H39ClFN5O2/c1-21(2)19-35-13-15-36(16-14-35)25-9-6-23(7-10-25)27-11-8-24(32)17-29(27)37-12-4-5-26(20-37)38-30(22(3)33)28(18-34-38)31(39)40/h6-11,17-18,21-22,26H,4-5,12-16,19-20H2,1-3H3,(H,39,40)/t22?,26-/m1/s1. The molecule has 1 N–H and O–H groups in total. The number of alkyl halides is 1. The number of nitrogens with zero attached hydrogens (tertiary/aromatic N) is 5. The summed E-state index contributed by atoms with van der Waals surface area (Å²) in [4.78, 5) is 18.9. The first kappa shape index (κ1) is 28.4. The predicted octanol–water partition coefficient (Wildman–Crippen LogP) is 6.55. The maximum Gasteiger partial charge on any atom is 0.339 e. The van der Waals surface area contributed by atoms with E-state index in [1.807, 2.05) is 12.1 Å². The van der Waals surface area contributed by atoms with Crippen LogP contribution in [0.3, 0.4) is 0 Å². The van der Waals surface area contributed by atoms with Crippen molar-refractivity contribution in [1.29, 1.82) is 0 Å². The van der Waals surface area contributed by atoms with Gasteiger partial charge in [0.15, 0.2) is 0 Å². The molecule has 5 rings (SSSR count). The normalized spacial score (nSPS) is 19.3. The van der Waals surface area contributed by atoms with Crippen molar-refractivity contribution >= 4 is 28.9 Å². The van der Waals surface area contributed by atoms with Gasteiger partial charge in [-0.25, -0.2) is 9.18 Å². The van der Waals surface area contributed by atoms with E-state index in [9.17, 15) is 14.3 Å². The van der Waals surface area contributed by atoms with E-state index in [2.05, 4.69) is 64.0 Å². The van der Waals surface area contributed by atoms with E-state index in [0.29, 0.717) is 17.5 Å². The zero-order valence-corrected chi connectivity index (χ0v) is 24.3. The number of piperidine rings is 1. The van der Waals surface area contributed by atoms with E-state index in [1.165, 1.54) is 18.8 Å². The van der Waals surface area contributed by atoms with Crippen LogP contribution in [0.1, 0.15) is 61.9 Å². The average molecular weight is 568 g/mol. The summed E-state index contributed by atoms with van der Waals surface area (Å²) in [6.07, 6.45) is 1.51. The molecule has 0 bridgehead atoms. The minimum atomic E-state index is -1.43. The van der Waals surface area contributed by atoms with Crippen LogP contribution in [0.5, 0.6) is 0 Å². The first-order chi connectivity index (χ1) is 19.2. The Balaban J connectivity index is 1.36. The smallest absolute Gasteiger partial charge is 0.339 e. The third-order valence-electron chi connectivity index (χ3n) is 8.02. The number of benzene rings is 2. The number of halogens is 2. The second-order valence-corrected chi connectivity index (χ2v) is 11.9. The van der Waals surface area contributed by atoms with Gasteiger partial charge in [0, 0.05) is 67.8 Å². The number of hydrogen-bond donors (Lipinski definition) is 1. The van der Waals surface area contributed by atoms with Gasteiger partial charge in [-0.15, -0.1) is 0 Å². The van der Waals surface area contributed by atoms with E-state index in [-0.39, 0.29) is 17.3 Å². The monoisotopic (exact) mass is 567 g/mol. The van der Waals surface area contributed by atoms with Crippen molar-refractivity contribution in [3.8, 4) is 11.1 Å². The third-order valence-corrected chi connectivity index (χ3v) is 8.26. The van der Waals surface area contributed by atoms with Crippen LogP contribution in [0, 0.1) is 5.92 Å². The largest absolute Gasteiger partial charge is 0.478 e. The summed E-state index contributed by atoms with van der Waals surface area (Å²) in [5.74, 6) is -0.470. The zero-order valence-electron chi connectivity index (χ0n) is 23.6. The quantitative estimate of drug-likeness (QED) is 0.333. The van der Waals surface area contributed by atoms with E-state index in [0.717, 1.165) is 68.9 Å². The number of aromatic carboxylic acids is 1. The lowest BCUT2D eigenvalue weighted by Gasteiger charge is -2.37. The van der Waals surface area contributed by atoms with Crippen LogP contribution >= 0.6 is 11.6 Å². The van der Waals surface area contributed by atoms with Crippen molar-refractivity contribution in [3.63, 3.8) is 0 Å². The molecule has 9 heteroatoms. The van der Waals surface area contributed by atoms with Crippen molar-refractivity contribution in [2.75, 3.05) is 55.6 Å². The number of anilines is 2. The Kier molecular flexibility index (Phi) is 8.66. The molecule has 3 heterocycles. The molecule has 0 aliphatic carbocycles. The molecule has 2 aliphatic rings. The van der Waals surface area contributed by atoms with Crippen LogP contribution in [0.2, 0.25) is 5.02 Å². The molecule has 2 atom stereocenters. The van der Waals surface area contributed by atoms with Gasteiger partial charge >= 0.3 is 5.97 Å². The molecule has 2 fully saturated rings. The molecule has 40 heavy (non-hydrogen) atoms. The Morgan fingerprint density at radius 1 is 1.05 bits per heavy atom. The lowest BCUT2D eigenvalue weighted by atomic mass is 9.99. The molecule has 3 aromatic rings. The second-order valence-electron chi connectivity index (χ2n) is 11.4. The molecule has 7 nitrogen and oxygen atoms in total. The number of hydrogen-bond acceptors (Lipinski definition) is 5. The van der Waals surface area contributed by atoms with Crippen molar-refractivity contribution in [2.45, 2.75) is 45.8 Å². The number of carbonyl (C=O) groups is 1. The number of piperazine rings is 1. The van der Waals surface area contributed by atoms with Crippen molar-refractivity contribution in [1.82, 2.24) is 14.7 Å². The van der Waals surface area contributed by atoms with Gasteiger partial charge in [0.05, 0.1) is 17.9 Å². The highest BCUT2D eigenvalue weighted by Crippen LogP contribution is 2.38. The topological polar surface area (TPSA) is 64.8 Å². The van der Waals surface area contributed by atoms with Gasteiger partial charge in [-0.2, -0.15) is 5.10 Å². The van der Waals surface area contributed by atoms with Gasteiger partial charge in [-0.3, -0.25) is 9.58 Å². The van der Waals surface area contributed by atoms with Gasteiger partial charge in [-0.1, -0.05) is 43.6 Å². The zero-order chi connectivity index (χ0) is 28.4. The molecule has 2 aliphatic heterocycles. The summed E-state index contributed by atoms with van der Waals surface area (Å²) in [7, 11) is 0. The minimum absolute atomic E-state index is 0.0722. The first-order valence-corrected chi connectivity index (χ1v) is 14.7. The first-order valence-electron chi connectivity index (χ1n) is 14.3. The highest BCUT2D eigenvalue weighted by atomic mass is 35.5. The van der Waals surface area contributed by atoms with Gasteiger partial charge in [0.25, 0.3) is 0 Å². The number of carboxylic acid groups (broad SMARTS) is 1. The Labute approximate surface area is 241 Å². The van der Waals surface area contributed by atoms with Crippen LogP contribution < -0.4 is 9.80 Å². The molecular weight excluding hydrogens is 529 g/mol. The highest BCUT2D eigenvalue weighted by molar-refractivity contribution is 6.31. The Morgan fingerprint density at radius 2 is 1.77 bits per heavy atom. The fraction of sp³-hybridized carbons (Fsp3) is 0.484. The number of carboxylic acids is 1. The predicted molar refractivity (Wildman–Crippen MR) is 160 cm³/mol. The molecule has 0 amide bonds. The summed E-state index contributed by atoms with van der Waals surface area (Å²) in [5.41, 5.74) is 4.52. The summed E-state index contributed by atoms with van der Waals surface area (Å²) in [6.45, 7) is 12.7. The van der Waals surface area contributed by atoms with Crippen molar-refractivity contribution in [3.05, 3.63) is 64.9 Å². The Bertz CT molecular complexity index is 1320. The molecule has 214 valence electrons. The summed E-state index contributed by atoms with van der Waals surface area (Å²) in [5, 5.41) is 14.5. The third kappa shape index (κ3) is 6.13. The second kappa shape index (κ2) is 12.2.